The number of aromatic nitrogens is 1. The minimum absolute atomic E-state index is 0.0481. The van der Waals surface area contributed by atoms with Gasteiger partial charge in [0, 0.05) is 41.5 Å². The third kappa shape index (κ3) is 6.36. The van der Waals surface area contributed by atoms with Crippen molar-refractivity contribution in [2.24, 2.45) is 17.0 Å². The van der Waals surface area contributed by atoms with Crippen molar-refractivity contribution >= 4 is 38.5 Å². The molecule has 1 aromatic heterocycles. The molecule has 39 heavy (non-hydrogen) atoms. The molecule has 0 aliphatic carbocycles. The van der Waals surface area contributed by atoms with E-state index in [4.69, 9.17) is 4.84 Å². The van der Waals surface area contributed by atoms with Gasteiger partial charge < -0.3 is 24.9 Å². The monoisotopic (exact) mass is 594 g/mol. The number of carbonyl (C=O) groups excluding carboxylic acids is 1. The SMILES string of the molecule is CCON=C(c1ccc(Br)cc1)C1CCN(CC2CCN(C(=O)c3cc(O)c4cccc(O)c4n3)CC2)CC1. The Balaban J connectivity index is 1.14. The maximum Gasteiger partial charge on any atom is 0.272 e. The number of rotatable bonds is 7. The maximum absolute atomic E-state index is 13.2. The summed E-state index contributed by atoms with van der Waals surface area (Å²) in [5.74, 6) is 0.610. The van der Waals surface area contributed by atoms with Gasteiger partial charge in [0.25, 0.3) is 5.91 Å². The third-order valence-electron chi connectivity index (χ3n) is 7.84. The highest BCUT2D eigenvalue weighted by atomic mass is 79.9. The molecule has 2 aliphatic heterocycles. The zero-order chi connectivity index (χ0) is 27.4. The predicted molar refractivity (Wildman–Crippen MR) is 155 cm³/mol. The van der Waals surface area contributed by atoms with E-state index in [1.54, 1.807) is 12.1 Å². The summed E-state index contributed by atoms with van der Waals surface area (Å²) in [5.41, 5.74) is 2.56. The zero-order valence-corrected chi connectivity index (χ0v) is 23.8. The molecular weight excluding hydrogens is 560 g/mol. The molecule has 2 aromatic carbocycles. The molecule has 0 saturated carbocycles. The van der Waals surface area contributed by atoms with Gasteiger partial charge in [-0.2, -0.15) is 0 Å². The highest BCUT2D eigenvalue weighted by molar-refractivity contribution is 9.10. The number of piperidine rings is 2. The van der Waals surface area contributed by atoms with Gasteiger partial charge >= 0.3 is 0 Å². The highest BCUT2D eigenvalue weighted by Crippen LogP contribution is 2.31. The number of phenolic OH excluding ortho intramolecular Hbond substituents is 1. The number of benzene rings is 2. The number of hydrogen-bond acceptors (Lipinski definition) is 7. The molecule has 0 radical (unpaired) electrons. The lowest BCUT2D eigenvalue weighted by molar-refractivity contribution is 0.0651. The molecule has 0 unspecified atom stereocenters. The largest absolute Gasteiger partial charge is 0.507 e. The van der Waals surface area contributed by atoms with Gasteiger partial charge in [-0.25, -0.2) is 4.98 Å². The van der Waals surface area contributed by atoms with Crippen molar-refractivity contribution in [3.05, 3.63) is 64.3 Å². The summed E-state index contributed by atoms with van der Waals surface area (Å²) >= 11 is 3.51. The number of carbonyl (C=O) groups is 1. The van der Waals surface area contributed by atoms with Gasteiger partial charge in [-0.15, -0.1) is 0 Å². The van der Waals surface area contributed by atoms with E-state index in [1.165, 1.54) is 12.1 Å². The molecule has 8 nitrogen and oxygen atoms in total. The van der Waals surface area contributed by atoms with Crippen LogP contribution in [0.2, 0.25) is 0 Å². The molecule has 0 bridgehead atoms. The summed E-state index contributed by atoms with van der Waals surface area (Å²) in [4.78, 5) is 27.3. The number of aromatic hydroxyl groups is 2. The molecule has 2 fully saturated rings. The van der Waals surface area contributed by atoms with Crippen LogP contribution in [0.4, 0.5) is 0 Å². The molecule has 9 heteroatoms. The molecule has 5 rings (SSSR count). The maximum atomic E-state index is 13.2. The standard InChI is InChI=1S/C30H35BrN4O4/c1-2-39-33-28(21-6-8-23(31)9-7-21)22-12-14-34(15-13-22)19-20-10-16-35(17-11-20)30(38)25-18-27(37)24-4-3-5-26(36)29(24)32-25/h3-9,18,20,22,36H,2,10-17,19H2,1H3,(H,32,37). The van der Waals surface area contributed by atoms with Crippen LogP contribution < -0.4 is 0 Å². The summed E-state index contributed by atoms with van der Waals surface area (Å²) in [5, 5.41) is 25.4. The Hall–Kier alpha value is -3.17. The molecule has 0 spiro atoms. The smallest absolute Gasteiger partial charge is 0.272 e. The Kier molecular flexibility index (Phi) is 8.67. The quantitative estimate of drug-likeness (QED) is 0.280. The van der Waals surface area contributed by atoms with E-state index in [9.17, 15) is 15.0 Å². The average Bonchev–Trinajstić information content (AvgIpc) is 2.95. The molecule has 3 heterocycles. The first-order valence-corrected chi connectivity index (χ1v) is 14.5. The first-order valence-electron chi connectivity index (χ1n) is 13.7. The average molecular weight is 596 g/mol. The summed E-state index contributed by atoms with van der Waals surface area (Å²) < 4.78 is 1.05. The van der Waals surface area contributed by atoms with E-state index in [0.717, 1.165) is 61.1 Å². The fourth-order valence-electron chi connectivity index (χ4n) is 5.68. The number of hydrogen-bond donors (Lipinski definition) is 2. The van der Waals surface area contributed by atoms with E-state index in [2.05, 4.69) is 43.1 Å². The zero-order valence-electron chi connectivity index (χ0n) is 22.2. The van der Waals surface area contributed by atoms with Gasteiger partial charge in [0.2, 0.25) is 0 Å². The lowest BCUT2D eigenvalue weighted by Gasteiger charge is -2.37. The van der Waals surface area contributed by atoms with E-state index in [-0.39, 0.29) is 28.6 Å². The van der Waals surface area contributed by atoms with Crippen LogP contribution in [0.5, 0.6) is 11.5 Å². The lowest BCUT2D eigenvalue weighted by Crippen LogP contribution is -2.44. The third-order valence-corrected chi connectivity index (χ3v) is 8.37. The van der Waals surface area contributed by atoms with Crippen molar-refractivity contribution in [2.45, 2.75) is 32.6 Å². The summed E-state index contributed by atoms with van der Waals surface area (Å²) in [6, 6.07) is 14.5. The van der Waals surface area contributed by atoms with Crippen LogP contribution in [0.25, 0.3) is 10.9 Å². The van der Waals surface area contributed by atoms with Crippen LogP contribution in [-0.2, 0) is 4.84 Å². The van der Waals surface area contributed by atoms with Crippen molar-refractivity contribution in [1.29, 1.82) is 0 Å². The topological polar surface area (TPSA) is 98.5 Å². The van der Waals surface area contributed by atoms with Gasteiger partial charge in [0.1, 0.15) is 29.3 Å². The van der Waals surface area contributed by atoms with Crippen LogP contribution in [-0.4, -0.2) is 75.9 Å². The fraction of sp³-hybridized carbons (Fsp3) is 0.433. The van der Waals surface area contributed by atoms with Crippen molar-refractivity contribution in [3.63, 3.8) is 0 Å². The van der Waals surface area contributed by atoms with Gasteiger partial charge in [-0.3, -0.25) is 4.79 Å². The van der Waals surface area contributed by atoms with Gasteiger partial charge in [-0.1, -0.05) is 39.3 Å². The second kappa shape index (κ2) is 12.3. The molecule has 206 valence electrons. The number of amides is 1. The molecule has 2 aliphatic rings. The second-order valence-electron chi connectivity index (χ2n) is 10.4. The van der Waals surface area contributed by atoms with Crippen LogP contribution in [0.15, 0.2) is 58.2 Å². The molecule has 3 aromatic rings. The van der Waals surface area contributed by atoms with Crippen LogP contribution in [0.1, 0.15) is 48.7 Å². The van der Waals surface area contributed by atoms with E-state index < -0.39 is 0 Å². The summed E-state index contributed by atoms with van der Waals surface area (Å²) in [6.45, 7) is 6.92. The van der Waals surface area contributed by atoms with Gasteiger partial charge in [0.05, 0.1) is 5.71 Å². The van der Waals surface area contributed by atoms with Crippen LogP contribution >= 0.6 is 15.9 Å². The Morgan fingerprint density at radius 3 is 2.44 bits per heavy atom. The predicted octanol–water partition coefficient (Wildman–Crippen LogP) is 5.41. The van der Waals surface area contributed by atoms with Crippen molar-refractivity contribution in [1.82, 2.24) is 14.8 Å². The normalized spacial score (nSPS) is 18.0. The fourth-order valence-corrected chi connectivity index (χ4v) is 5.94. The van der Waals surface area contributed by atoms with Crippen molar-refractivity contribution in [3.8, 4) is 11.5 Å². The Labute approximate surface area is 237 Å². The Bertz CT molecular complexity index is 1330. The number of nitrogens with zero attached hydrogens (tertiary/aromatic N) is 4. The first kappa shape index (κ1) is 27.4. The Morgan fingerprint density at radius 1 is 1.03 bits per heavy atom. The summed E-state index contributed by atoms with van der Waals surface area (Å²) in [7, 11) is 0. The number of oxime groups is 1. The van der Waals surface area contributed by atoms with E-state index in [0.29, 0.717) is 36.9 Å². The molecule has 2 N–H and O–H groups in total. The number of halogens is 1. The number of fused-ring (bicyclic) bond motifs is 1. The van der Waals surface area contributed by atoms with Crippen LogP contribution in [0.3, 0.4) is 0 Å². The molecule has 0 atom stereocenters. The van der Waals surface area contributed by atoms with Gasteiger partial charge in [0.15, 0.2) is 0 Å². The van der Waals surface area contributed by atoms with Crippen molar-refractivity contribution < 1.29 is 19.8 Å². The number of para-hydroxylation sites is 1. The van der Waals surface area contributed by atoms with Gasteiger partial charge in [-0.05, 0) is 81.4 Å². The molecule has 1 amide bonds. The number of pyridine rings is 1. The highest BCUT2D eigenvalue weighted by Gasteiger charge is 2.29. The van der Waals surface area contributed by atoms with E-state index in [1.807, 2.05) is 24.0 Å². The Morgan fingerprint density at radius 2 is 1.74 bits per heavy atom. The van der Waals surface area contributed by atoms with Crippen LogP contribution in [0, 0.1) is 11.8 Å². The summed E-state index contributed by atoms with van der Waals surface area (Å²) in [6.07, 6.45) is 3.96. The minimum atomic E-state index is -0.205. The minimum Gasteiger partial charge on any atom is -0.507 e. The number of likely N-dealkylation sites (tertiary alicyclic amines) is 2. The molecule has 2 saturated heterocycles. The molecular formula is C30H35BrN4O4. The van der Waals surface area contributed by atoms with Crippen molar-refractivity contribution in [2.75, 3.05) is 39.3 Å². The first-order chi connectivity index (χ1) is 18.9. The second-order valence-corrected chi connectivity index (χ2v) is 11.3. The van der Waals surface area contributed by atoms with E-state index >= 15 is 0 Å². The lowest BCUT2D eigenvalue weighted by atomic mass is 9.87. The number of phenols is 1.